The van der Waals surface area contributed by atoms with Crippen molar-refractivity contribution >= 4 is 5.91 Å². The molecule has 4 nitrogen and oxygen atoms in total. The third kappa shape index (κ3) is 5.96. The number of hydrogen-bond acceptors (Lipinski definition) is 3. The first kappa shape index (κ1) is 18.0. The van der Waals surface area contributed by atoms with Gasteiger partial charge in [-0.1, -0.05) is 38.1 Å². The lowest BCUT2D eigenvalue weighted by Gasteiger charge is -2.29. The van der Waals surface area contributed by atoms with Crippen molar-refractivity contribution in [2.45, 2.75) is 52.1 Å². The Morgan fingerprint density at radius 1 is 1.22 bits per heavy atom. The van der Waals surface area contributed by atoms with Crippen molar-refractivity contribution in [3.8, 4) is 0 Å². The van der Waals surface area contributed by atoms with E-state index in [-0.39, 0.29) is 11.9 Å². The van der Waals surface area contributed by atoms with Crippen molar-refractivity contribution in [1.82, 2.24) is 10.2 Å². The number of amides is 1. The van der Waals surface area contributed by atoms with Gasteiger partial charge in [0.25, 0.3) is 0 Å². The average molecular weight is 317 g/mol. The zero-order valence-corrected chi connectivity index (χ0v) is 14.7. The van der Waals surface area contributed by atoms with Crippen LogP contribution in [0.3, 0.4) is 0 Å². The van der Waals surface area contributed by atoms with E-state index in [0.29, 0.717) is 18.5 Å². The Hall–Kier alpha value is -1.39. The Balaban J connectivity index is 1.81. The Labute approximate surface area is 140 Å². The summed E-state index contributed by atoms with van der Waals surface area (Å²) in [6.45, 7) is 8.82. The molecule has 1 aromatic rings. The summed E-state index contributed by atoms with van der Waals surface area (Å²) < 4.78 is 0. The van der Waals surface area contributed by atoms with Crippen LogP contribution in [0.25, 0.3) is 0 Å². The van der Waals surface area contributed by atoms with Gasteiger partial charge >= 0.3 is 0 Å². The number of nitrogens with two attached hydrogens (primary N) is 1. The number of likely N-dealkylation sites (tertiary alicyclic amines) is 1. The summed E-state index contributed by atoms with van der Waals surface area (Å²) in [5.74, 6) is 0.759. The predicted octanol–water partition coefficient (Wildman–Crippen LogP) is 2.49. The molecule has 3 N–H and O–H groups in total. The fraction of sp³-hybridized carbons (Fsp3) is 0.632. The number of rotatable bonds is 6. The van der Waals surface area contributed by atoms with E-state index in [2.05, 4.69) is 48.3 Å². The van der Waals surface area contributed by atoms with E-state index in [1.807, 2.05) is 6.92 Å². The Morgan fingerprint density at radius 2 is 1.83 bits per heavy atom. The van der Waals surface area contributed by atoms with E-state index in [1.54, 1.807) is 0 Å². The second-order valence-corrected chi connectivity index (χ2v) is 7.24. The molecule has 2 rings (SSSR count). The minimum Gasteiger partial charge on any atom is -0.348 e. The number of piperidine rings is 1. The molecule has 1 amide bonds. The SMILES string of the molecule is CC(C)Cc1ccc(C(C)NC(=O)CN2CCC(N)CC2)cc1. The van der Waals surface area contributed by atoms with Crippen LogP contribution in [0.4, 0.5) is 0 Å². The first-order valence-electron chi connectivity index (χ1n) is 8.80. The lowest BCUT2D eigenvalue weighted by Crippen LogP contribution is -2.44. The van der Waals surface area contributed by atoms with Gasteiger partial charge in [0.2, 0.25) is 5.91 Å². The van der Waals surface area contributed by atoms with Crippen molar-refractivity contribution < 1.29 is 4.79 Å². The maximum atomic E-state index is 12.2. The molecule has 1 atom stereocenters. The summed E-state index contributed by atoms with van der Waals surface area (Å²) in [4.78, 5) is 14.4. The molecule has 1 unspecified atom stereocenters. The summed E-state index contributed by atoms with van der Waals surface area (Å²) in [5, 5.41) is 3.10. The summed E-state index contributed by atoms with van der Waals surface area (Å²) in [7, 11) is 0. The molecule has 4 heteroatoms. The van der Waals surface area contributed by atoms with E-state index < -0.39 is 0 Å². The minimum absolute atomic E-state index is 0.0441. The zero-order valence-electron chi connectivity index (χ0n) is 14.7. The first-order chi connectivity index (χ1) is 10.9. The number of carbonyl (C=O) groups is 1. The van der Waals surface area contributed by atoms with Gasteiger partial charge in [-0.3, -0.25) is 9.69 Å². The molecule has 0 aliphatic carbocycles. The monoisotopic (exact) mass is 317 g/mol. The maximum absolute atomic E-state index is 12.2. The molecule has 1 fully saturated rings. The zero-order chi connectivity index (χ0) is 16.8. The van der Waals surface area contributed by atoms with Crippen LogP contribution in [0.2, 0.25) is 0 Å². The molecule has 0 radical (unpaired) electrons. The standard InChI is InChI=1S/C19H31N3O/c1-14(2)12-16-4-6-17(7-5-16)15(3)21-19(23)13-22-10-8-18(20)9-11-22/h4-7,14-15,18H,8-13,20H2,1-3H3,(H,21,23). The summed E-state index contributed by atoms with van der Waals surface area (Å²) in [5.41, 5.74) is 8.41. The molecule has 0 spiro atoms. The molecule has 0 bridgehead atoms. The molecule has 0 aromatic heterocycles. The Bertz CT molecular complexity index is 490. The van der Waals surface area contributed by atoms with Crippen molar-refractivity contribution in [1.29, 1.82) is 0 Å². The van der Waals surface area contributed by atoms with Crippen LogP contribution in [0.15, 0.2) is 24.3 Å². The van der Waals surface area contributed by atoms with E-state index >= 15 is 0 Å². The average Bonchev–Trinajstić information content (AvgIpc) is 2.49. The molecule has 128 valence electrons. The Kier molecular flexibility index (Phi) is 6.60. The highest BCUT2D eigenvalue weighted by Gasteiger charge is 2.19. The van der Waals surface area contributed by atoms with Crippen molar-refractivity contribution in [3.63, 3.8) is 0 Å². The van der Waals surface area contributed by atoms with E-state index in [4.69, 9.17) is 5.73 Å². The number of hydrogen-bond donors (Lipinski definition) is 2. The quantitative estimate of drug-likeness (QED) is 0.847. The number of nitrogens with one attached hydrogen (secondary N) is 1. The third-order valence-electron chi connectivity index (χ3n) is 4.50. The van der Waals surface area contributed by atoms with Crippen LogP contribution < -0.4 is 11.1 Å². The lowest BCUT2D eigenvalue weighted by molar-refractivity contribution is -0.123. The van der Waals surface area contributed by atoms with E-state index in [1.165, 1.54) is 5.56 Å². The number of carbonyl (C=O) groups excluding carboxylic acids is 1. The van der Waals surface area contributed by atoms with Crippen LogP contribution in [-0.4, -0.2) is 36.5 Å². The lowest BCUT2D eigenvalue weighted by atomic mass is 10.00. The highest BCUT2D eigenvalue weighted by atomic mass is 16.2. The smallest absolute Gasteiger partial charge is 0.234 e. The fourth-order valence-corrected chi connectivity index (χ4v) is 3.10. The molecule has 1 aliphatic rings. The molecular weight excluding hydrogens is 286 g/mol. The van der Waals surface area contributed by atoms with Gasteiger partial charge in [-0.2, -0.15) is 0 Å². The second kappa shape index (κ2) is 8.46. The maximum Gasteiger partial charge on any atom is 0.234 e. The van der Waals surface area contributed by atoms with Gasteiger partial charge in [-0.25, -0.2) is 0 Å². The van der Waals surface area contributed by atoms with Crippen molar-refractivity contribution in [2.75, 3.05) is 19.6 Å². The highest BCUT2D eigenvalue weighted by Crippen LogP contribution is 2.16. The normalized spacial score (nSPS) is 18.1. The topological polar surface area (TPSA) is 58.4 Å². The van der Waals surface area contributed by atoms with E-state index in [0.717, 1.165) is 37.9 Å². The minimum atomic E-state index is 0.0441. The largest absolute Gasteiger partial charge is 0.348 e. The first-order valence-corrected chi connectivity index (χ1v) is 8.80. The van der Waals surface area contributed by atoms with Gasteiger partial charge in [0.05, 0.1) is 12.6 Å². The van der Waals surface area contributed by atoms with Crippen molar-refractivity contribution in [2.24, 2.45) is 11.7 Å². The summed E-state index contributed by atoms with van der Waals surface area (Å²) >= 11 is 0. The van der Waals surface area contributed by atoms with Crippen LogP contribution in [0.5, 0.6) is 0 Å². The molecule has 1 saturated heterocycles. The van der Waals surface area contributed by atoms with Crippen molar-refractivity contribution in [3.05, 3.63) is 35.4 Å². The highest BCUT2D eigenvalue weighted by molar-refractivity contribution is 5.78. The van der Waals surface area contributed by atoms with E-state index in [9.17, 15) is 4.79 Å². The van der Waals surface area contributed by atoms with Gasteiger partial charge in [-0.15, -0.1) is 0 Å². The third-order valence-corrected chi connectivity index (χ3v) is 4.50. The summed E-state index contributed by atoms with van der Waals surface area (Å²) in [6.07, 6.45) is 3.07. The number of benzene rings is 1. The molecule has 1 aromatic carbocycles. The van der Waals surface area contributed by atoms with Gasteiger partial charge in [-0.05, 0) is 43.2 Å². The molecule has 0 saturated carbocycles. The van der Waals surface area contributed by atoms with Gasteiger partial charge < -0.3 is 11.1 Å². The molecule has 23 heavy (non-hydrogen) atoms. The fourth-order valence-electron chi connectivity index (χ4n) is 3.10. The van der Waals surface area contributed by atoms with Gasteiger partial charge in [0, 0.05) is 19.1 Å². The van der Waals surface area contributed by atoms with Crippen LogP contribution in [-0.2, 0) is 11.2 Å². The summed E-state index contributed by atoms with van der Waals surface area (Å²) in [6, 6.07) is 8.94. The number of nitrogens with zero attached hydrogens (tertiary/aromatic N) is 1. The van der Waals surface area contributed by atoms with Gasteiger partial charge in [0.15, 0.2) is 0 Å². The van der Waals surface area contributed by atoms with Gasteiger partial charge in [0.1, 0.15) is 0 Å². The predicted molar refractivity (Wildman–Crippen MR) is 95.2 cm³/mol. The van der Waals surface area contributed by atoms with Crippen LogP contribution >= 0.6 is 0 Å². The molecular formula is C19H31N3O. The van der Waals surface area contributed by atoms with Crippen LogP contribution in [0, 0.1) is 5.92 Å². The second-order valence-electron chi connectivity index (χ2n) is 7.24. The molecule has 1 heterocycles. The van der Waals surface area contributed by atoms with Crippen LogP contribution in [0.1, 0.15) is 50.8 Å². The Morgan fingerprint density at radius 3 is 2.39 bits per heavy atom. The molecule has 1 aliphatic heterocycles.